The number of carbonyl (C=O) groups excluding carboxylic acids is 2. The van der Waals surface area contributed by atoms with Crippen molar-refractivity contribution < 1.29 is 31.9 Å². The fourth-order valence-electron chi connectivity index (χ4n) is 4.25. The number of alkyl halides is 3. The maximum atomic E-state index is 13.4. The number of benzene rings is 2. The molecule has 1 aromatic heterocycles. The predicted molar refractivity (Wildman–Crippen MR) is 127 cm³/mol. The van der Waals surface area contributed by atoms with Crippen molar-refractivity contribution in [2.45, 2.75) is 38.8 Å². The van der Waals surface area contributed by atoms with E-state index in [0.29, 0.717) is 48.8 Å². The zero-order valence-electron chi connectivity index (χ0n) is 19.6. The lowest BCUT2D eigenvalue weighted by Crippen LogP contribution is -2.33. The molecule has 0 bridgehead atoms. The SMILES string of the molecule is CCCc1c(OCCCCN2C(=O)CN(c3ccccc3)C2=O)ccc2c(C(F)(F)F)cc(=O)oc12. The number of carbonyl (C=O) groups is 2. The number of anilines is 1. The first-order valence-electron chi connectivity index (χ1n) is 11.7. The van der Waals surface area contributed by atoms with Gasteiger partial charge in [-0.3, -0.25) is 14.6 Å². The molecule has 1 saturated heterocycles. The van der Waals surface area contributed by atoms with E-state index < -0.39 is 17.4 Å². The zero-order chi connectivity index (χ0) is 25.9. The second kappa shape index (κ2) is 10.4. The van der Waals surface area contributed by atoms with E-state index in [1.54, 1.807) is 24.3 Å². The number of aryl methyl sites for hydroxylation is 1. The van der Waals surface area contributed by atoms with Crippen LogP contribution in [-0.2, 0) is 17.4 Å². The molecule has 2 heterocycles. The Morgan fingerprint density at radius 3 is 2.47 bits per heavy atom. The van der Waals surface area contributed by atoms with E-state index in [9.17, 15) is 27.6 Å². The molecule has 3 amide bonds. The summed E-state index contributed by atoms with van der Waals surface area (Å²) in [6.45, 7) is 2.29. The van der Waals surface area contributed by atoms with Gasteiger partial charge in [-0.2, -0.15) is 13.2 Å². The van der Waals surface area contributed by atoms with Crippen LogP contribution in [0.4, 0.5) is 23.7 Å². The molecular weight excluding hydrogens is 477 g/mol. The van der Waals surface area contributed by atoms with Gasteiger partial charge >= 0.3 is 17.8 Å². The highest BCUT2D eigenvalue weighted by molar-refractivity contribution is 6.12. The maximum Gasteiger partial charge on any atom is 0.417 e. The van der Waals surface area contributed by atoms with Gasteiger partial charge in [-0.15, -0.1) is 0 Å². The highest BCUT2D eigenvalue weighted by atomic mass is 19.4. The summed E-state index contributed by atoms with van der Waals surface area (Å²) in [5, 5.41) is -0.188. The number of nitrogens with zero attached hydrogens (tertiary/aromatic N) is 2. The molecule has 2 aromatic carbocycles. The third kappa shape index (κ3) is 5.22. The number of fused-ring (bicyclic) bond motifs is 1. The van der Waals surface area contributed by atoms with E-state index >= 15 is 0 Å². The minimum absolute atomic E-state index is 0.0120. The van der Waals surface area contributed by atoms with Gasteiger partial charge in [-0.25, -0.2) is 9.59 Å². The Morgan fingerprint density at radius 2 is 1.78 bits per heavy atom. The quantitative estimate of drug-likeness (QED) is 0.223. The van der Waals surface area contributed by atoms with Gasteiger partial charge < -0.3 is 9.15 Å². The Labute approximate surface area is 205 Å². The standard InChI is InChI=1S/C26H25F3N2O5/c1-2-8-19-21(12-11-18-20(26(27,28)29)15-23(33)36-24(18)19)35-14-7-6-13-30-22(32)16-31(25(30)34)17-9-4-3-5-10-17/h3-5,9-12,15H,2,6-8,13-14,16H2,1H3. The van der Waals surface area contributed by atoms with Gasteiger partial charge in [0.05, 0.1) is 12.2 Å². The van der Waals surface area contributed by atoms with Crippen molar-refractivity contribution in [2.24, 2.45) is 0 Å². The zero-order valence-corrected chi connectivity index (χ0v) is 19.6. The number of hydrogen-bond acceptors (Lipinski definition) is 5. The number of halogens is 3. The third-order valence-electron chi connectivity index (χ3n) is 5.94. The van der Waals surface area contributed by atoms with E-state index in [4.69, 9.17) is 9.15 Å². The first-order chi connectivity index (χ1) is 17.2. The average Bonchev–Trinajstić information content (AvgIpc) is 3.13. The highest BCUT2D eigenvalue weighted by Gasteiger charge is 2.36. The van der Waals surface area contributed by atoms with Crippen LogP contribution in [0.15, 0.2) is 57.7 Å². The molecule has 1 fully saturated rings. The van der Waals surface area contributed by atoms with Gasteiger partial charge in [0.1, 0.15) is 17.9 Å². The Hall–Kier alpha value is -3.82. The summed E-state index contributed by atoms with van der Waals surface area (Å²) in [6, 6.07) is 11.7. The van der Waals surface area contributed by atoms with Crippen LogP contribution in [0.3, 0.4) is 0 Å². The van der Waals surface area contributed by atoms with Gasteiger partial charge in [0, 0.05) is 29.2 Å². The molecule has 7 nitrogen and oxygen atoms in total. The number of hydrogen-bond donors (Lipinski definition) is 0. The molecule has 0 aliphatic carbocycles. The van der Waals surface area contributed by atoms with Gasteiger partial charge in [-0.05, 0) is 43.5 Å². The third-order valence-corrected chi connectivity index (χ3v) is 5.94. The predicted octanol–water partition coefficient (Wildman–Crippen LogP) is 5.39. The number of urea groups is 1. The summed E-state index contributed by atoms with van der Waals surface area (Å²) >= 11 is 0. The number of imide groups is 1. The summed E-state index contributed by atoms with van der Waals surface area (Å²) in [5.41, 5.74) is -1.18. The second-order valence-electron chi connectivity index (χ2n) is 8.45. The van der Waals surface area contributed by atoms with Crippen LogP contribution in [0.25, 0.3) is 11.0 Å². The molecule has 1 aliphatic rings. The number of ether oxygens (including phenoxy) is 1. The fourth-order valence-corrected chi connectivity index (χ4v) is 4.25. The van der Waals surface area contributed by atoms with Crippen molar-refractivity contribution in [3.8, 4) is 5.75 Å². The second-order valence-corrected chi connectivity index (χ2v) is 8.45. The van der Waals surface area contributed by atoms with Crippen molar-refractivity contribution in [1.29, 1.82) is 0 Å². The molecule has 0 atom stereocenters. The first kappa shape index (κ1) is 25.3. The van der Waals surface area contributed by atoms with Gasteiger partial charge in [0.25, 0.3) is 5.91 Å². The first-order valence-corrected chi connectivity index (χ1v) is 11.7. The Bertz CT molecular complexity index is 1320. The van der Waals surface area contributed by atoms with E-state index in [1.165, 1.54) is 21.9 Å². The molecule has 10 heteroatoms. The molecule has 0 unspecified atom stereocenters. The van der Waals surface area contributed by atoms with Crippen LogP contribution in [0.2, 0.25) is 0 Å². The van der Waals surface area contributed by atoms with Crippen LogP contribution in [0, 0.1) is 0 Å². The van der Waals surface area contributed by atoms with Crippen molar-refractivity contribution in [3.63, 3.8) is 0 Å². The minimum atomic E-state index is -4.69. The molecular formula is C26H25F3N2O5. The van der Waals surface area contributed by atoms with E-state index in [-0.39, 0.29) is 42.6 Å². The van der Waals surface area contributed by atoms with E-state index in [1.807, 2.05) is 13.0 Å². The Morgan fingerprint density at radius 1 is 1.03 bits per heavy atom. The van der Waals surface area contributed by atoms with Crippen molar-refractivity contribution in [3.05, 3.63) is 70.1 Å². The molecule has 190 valence electrons. The normalized spacial score (nSPS) is 14.2. The Balaban J connectivity index is 1.41. The summed E-state index contributed by atoms with van der Waals surface area (Å²) in [4.78, 5) is 39.5. The molecule has 0 radical (unpaired) electrons. The molecule has 3 aromatic rings. The topological polar surface area (TPSA) is 80.1 Å². The average molecular weight is 502 g/mol. The molecule has 36 heavy (non-hydrogen) atoms. The number of para-hydroxylation sites is 1. The molecule has 1 aliphatic heterocycles. The summed E-state index contributed by atoms with van der Waals surface area (Å²) in [5.74, 6) is 0.0652. The minimum Gasteiger partial charge on any atom is -0.493 e. The highest BCUT2D eigenvalue weighted by Crippen LogP contribution is 2.37. The van der Waals surface area contributed by atoms with Crippen molar-refractivity contribution in [1.82, 2.24) is 4.90 Å². The van der Waals surface area contributed by atoms with Crippen LogP contribution in [-0.4, -0.2) is 36.5 Å². The number of rotatable bonds is 9. The number of amides is 3. The van der Waals surface area contributed by atoms with Gasteiger partial charge in [0.15, 0.2) is 0 Å². The lowest BCUT2D eigenvalue weighted by Gasteiger charge is -2.17. The largest absolute Gasteiger partial charge is 0.493 e. The smallest absolute Gasteiger partial charge is 0.417 e. The molecule has 0 saturated carbocycles. The van der Waals surface area contributed by atoms with Gasteiger partial charge in [0.2, 0.25) is 0 Å². The van der Waals surface area contributed by atoms with Crippen molar-refractivity contribution in [2.75, 3.05) is 24.6 Å². The Kier molecular flexibility index (Phi) is 7.32. The van der Waals surface area contributed by atoms with E-state index in [2.05, 4.69) is 0 Å². The monoisotopic (exact) mass is 502 g/mol. The molecule has 0 N–H and O–H groups in total. The maximum absolute atomic E-state index is 13.4. The van der Waals surface area contributed by atoms with Crippen LogP contribution >= 0.6 is 0 Å². The van der Waals surface area contributed by atoms with E-state index in [0.717, 1.165) is 0 Å². The summed E-state index contributed by atoms with van der Waals surface area (Å²) in [7, 11) is 0. The molecule has 4 rings (SSSR count). The fraction of sp³-hybridized carbons (Fsp3) is 0.346. The van der Waals surface area contributed by atoms with Crippen LogP contribution < -0.4 is 15.3 Å². The lowest BCUT2D eigenvalue weighted by atomic mass is 10.0. The van der Waals surface area contributed by atoms with Crippen LogP contribution in [0.5, 0.6) is 5.75 Å². The molecule has 0 spiro atoms. The summed E-state index contributed by atoms with van der Waals surface area (Å²) < 4.78 is 51.3. The number of unbranched alkanes of at least 4 members (excludes halogenated alkanes) is 1. The lowest BCUT2D eigenvalue weighted by molar-refractivity contribution is -0.136. The summed E-state index contributed by atoms with van der Waals surface area (Å²) in [6.07, 6.45) is -2.74. The van der Waals surface area contributed by atoms with Gasteiger partial charge in [-0.1, -0.05) is 31.5 Å². The van der Waals surface area contributed by atoms with Crippen molar-refractivity contribution >= 4 is 28.6 Å². The van der Waals surface area contributed by atoms with Crippen LogP contribution in [0.1, 0.15) is 37.3 Å².